The highest BCUT2D eigenvalue weighted by molar-refractivity contribution is 5.62. The molecule has 2 aliphatic rings. The number of aryl methyl sites for hydroxylation is 1. The Bertz CT molecular complexity index is 1290. The van der Waals surface area contributed by atoms with Crippen LogP contribution in [0.1, 0.15) is 69.9 Å². The van der Waals surface area contributed by atoms with Gasteiger partial charge in [0.2, 0.25) is 0 Å². The van der Waals surface area contributed by atoms with Crippen LogP contribution < -0.4 is 21.5 Å². The van der Waals surface area contributed by atoms with Gasteiger partial charge in [-0.25, -0.2) is 8.78 Å². The first-order chi connectivity index (χ1) is 20.9. The second-order valence-electron chi connectivity index (χ2n) is 11.7. The summed E-state index contributed by atoms with van der Waals surface area (Å²) in [6.07, 6.45) is 11.2. The second kappa shape index (κ2) is 17.8. The third-order valence-electron chi connectivity index (χ3n) is 8.67. The summed E-state index contributed by atoms with van der Waals surface area (Å²) in [5.74, 6) is -0.687. The van der Waals surface area contributed by atoms with Crippen LogP contribution in [0.15, 0.2) is 71.7 Å². The SMILES string of the molecule is C=O.CCNC1CCNCC2(CCCC2)CCCNC(c2cc(F)ccc2F)C1.Cn1ccc(-c2ccccc2)cc1=O. The largest absolute Gasteiger partial charge is 0.319 e. The number of carbonyl (C=O) groups is 1. The lowest BCUT2D eigenvalue weighted by atomic mass is 9.81. The summed E-state index contributed by atoms with van der Waals surface area (Å²) in [7, 11) is 1.75. The zero-order valence-corrected chi connectivity index (χ0v) is 25.7. The molecule has 1 aliphatic heterocycles. The Kier molecular flexibility index (Phi) is 14.2. The topological polar surface area (TPSA) is 75.2 Å². The van der Waals surface area contributed by atoms with Crippen molar-refractivity contribution in [2.45, 2.75) is 70.4 Å². The van der Waals surface area contributed by atoms with E-state index in [1.807, 2.05) is 43.2 Å². The number of carbonyl (C=O) groups excluding carboxylic acids is 1. The molecule has 2 heterocycles. The van der Waals surface area contributed by atoms with E-state index in [2.05, 4.69) is 22.9 Å². The van der Waals surface area contributed by atoms with Crippen LogP contribution >= 0.6 is 0 Å². The van der Waals surface area contributed by atoms with E-state index in [-0.39, 0.29) is 29.3 Å². The van der Waals surface area contributed by atoms with Crippen LogP contribution in [0.25, 0.3) is 11.1 Å². The highest BCUT2D eigenvalue weighted by Crippen LogP contribution is 2.41. The van der Waals surface area contributed by atoms with Gasteiger partial charge in [-0.1, -0.05) is 50.1 Å². The van der Waals surface area contributed by atoms with Gasteiger partial charge in [0.15, 0.2) is 0 Å². The van der Waals surface area contributed by atoms with Gasteiger partial charge in [-0.2, -0.15) is 0 Å². The van der Waals surface area contributed by atoms with Crippen LogP contribution in [-0.4, -0.2) is 43.6 Å². The van der Waals surface area contributed by atoms with Gasteiger partial charge < -0.3 is 25.3 Å². The number of pyridine rings is 1. The van der Waals surface area contributed by atoms with E-state index in [1.54, 1.807) is 23.9 Å². The standard InChI is InChI=1S/C22H35F2N3.C12H11NO.CH2O/c1-2-26-18-8-13-25-16-22(9-3-4-10-22)11-5-12-27-21(15-18)19-14-17(23)6-7-20(19)24;1-13-8-7-11(9-12(13)14)10-5-3-2-4-6-10;1-2/h6-7,14,18,21,25-27H,2-5,8-13,15-16H2,1H3;2-9H,1H3;1H2. The van der Waals surface area contributed by atoms with Gasteiger partial charge in [0, 0.05) is 43.5 Å². The smallest absolute Gasteiger partial charge is 0.250 e. The van der Waals surface area contributed by atoms with Gasteiger partial charge in [0.05, 0.1) is 0 Å². The minimum absolute atomic E-state index is 0.0198. The molecule has 8 heteroatoms. The monoisotopic (exact) mass is 594 g/mol. The molecule has 0 radical (unpaired) electrons. The Hall–Kier alpha value is -3.20. The van der Waals surface area contributed by atoms with Crippen molar-refractivity contribution in [1.29, 1.82) is 0 Å². The highest BCUT2D eigenvalue weighted by Gasteiger charge is 2.33. The number of benzene rings is 2. The molecular formula is C35H48F2N4O2. The first kappa shape index (κ1) is 34.3. The molecule has 5 rings (SSSR count). The van der Waals surface area contributed by atoms with Crippen LogP contribution in [-0.2, 0) is 11.8 Å². The van der Waals surface area contributed by atoms with Gasteiger partial charge in [0.1, 0.15) is 18.4 Å². The molecule has 3 N–H and O–H groups in total. The summed E-state index contributed by atoms with van der Waals surface area (Å²) >= 11 is 0. The molecule has 1 saturated heterocycles. The summed E-state index contributed by atoms with van der Waals surface area (Å²) in [6, 6.07) is 17.4. The van der Waals surface area contributed by atoms with Crippen molar-refractivity contribution in [1.82, 2.24) is 20.5 Å². The number of rotatable bonds is 4. The van der Waals surface area contributed by atoms with Gasteiger partial charge in [-0.3, -0.25) is 4.79 Å². The normalized spacial score (nSPS) is 20.5. The molecule has 0 amide bonds. The minimum atomic E-state index is -0.370. The fraction of sp³-hybridized carbons (Fsp3) is 0.486. The molecule has 2 unspecified atom stereocenters. The Morgan fingerprint density at radius 2 is 1.67 bits per heavy atom. The third kappa shape index (κ3) is 10.5. The van der Waals surface area contributed by atoms with E-state index in [0.29, 0.717) is 11.0 Å². The lowest BCUT2D eigenvalue weighted by molar-refractivity contribution is -0.0980. The lowest BCUT2D eigenvalue weighted by Crippen LogP contribution is -2.40. The third-order valence-corrected chi connectivity index (χ3v) is 8.67. The second-order valence-corrected chi connectivity index (χ2v) is 11.7. The number of nitrogens with zero attached hydrogens (tertiary/aromatic N) is 1. The Labute approximate surface area is 255 Å². The predicted molar refractivity (Wildman–Crippen MR) is 171 cm³/mol. The molecule has 3 aromatic rings. The van der Waals surface area contributed by atoms with Crippen LogP contribution in [0.3, 0.4) is 0 Å². The van der Waals surface area contributed by atoms with E-state index in [1.165, 1.54) is 50.3 Å². The Morgan fingerprint density at radius 1 is 0.953 bits per heavy atom. The van der Waals surface area contributed by atoms with Gasteiger partial charge in [-0.15, -0.1) is 0 Å². The lowest BCUT2D eigenvalue weighted by Gasteiger charge is -2.32. The molecule has 43 heavy (non-hydrogen) atoms. The highest BCUT2D eigenvalue weighted by atomic mass is 19.1. The molecule has 234 valence electrons. The van der Waals surface area contributed by atoms with Crippen molar-refractivity contribution in [3.05, 3.63) is 94.4 Å². The average Bonchev–Trinajstić information content (AvgIpc) is 3.49. The summed E-state index contributed by atoms with van der Waals surface area (Å²) in [5.41, 5.74) is 2.96. The summed E-state index contributed by atoms with van der Waals surface area (Å²) in [5, 5.41) is 10.8. The van der Waals surface area contributed by atoms with E-state index < -0.39 is 0 Å². The fourth-order valence-corrected chi connectivity index (χ4v) is 6.35. The first-order valence-corrected chi connectivity index (χ1v) is 15.5. The van der Waals surface area contributed by atoms with Crippen molar-refractivity contribution in [3.63, 3.8) is 0 Å². The average molecular weight is 595 g/mol. The van der Waals surface area contributed by atoms with Crippen LogP contribution in [0, 0.1) is 17.0 Å². The van der Waals surface area contributed by atoms with Crippen LogP contribution in [0.2, 0.25) is 0 Å². The van der Waals surface area contributed by atoms with E-state index in [9.17, 15) is 13.6 Å². The first-order valence-electron chi connectivity index (χ1n) is 15.5. The van der Waals surface area contributed by atoms with Crippen molar-refractivity contribution in [2.75, 3.05) is 26.2 Å². The van der Waals surface area contributed by atoms with Crippen molar-refractivity contribution < 1.29 is 13.6 Å². The zero-order chi connectivity index (χ0) is 31.1. The summed E-state index contributed by atoms with van der Waals surface area (Å²) < 4.78 is 29.8. The van der Waals surface area contributed by atoms with Gasteiger partial charge in [0.25, 0.3) is 5.56 Å². The van der Waals surface area contributed by atoms with Crippen LogP contribution in [0.5, 0.6) is 0 Å². The predicted octanol–water partition coefficient (Wildman–Crippen LogP) is 6.17. The number of nitrogens with one attached hydrogen (secondary N) is 3. The van der Waals surface area contributed by atoms with Crippen molar-refractivity contribution >= 4 is 6.79 Å². The number of aromatic nitrogens is 1. The molecule has 1 aliphatic carbocycles. The molecule has 6 nitrogen and oxygen atoms in total. The summed E-state index contributed by atoms with van der Waals surface area (Å²) in [4.78, 5) is 19.4. The van der Waals surface area contributed by atoms with Crippen molar-refractivity contribution in [2.24, 2.45) is 12.5 Å². The number of halogens is 2. The molecule has 1 aromatic heterocycles. The Morgan fingerprint density at radius 3 is 2.37 bits per heavy atom. The zero-order valence-electron chi connectivity index (χ0n) is 25.7. The summed E-state index contributed by atoms with van der Waals surface area (Å²) in [6.45, 7) is 7.92. The molecular weight excluding hydrogens is 546 g/mol. The van der Waals surface area contributed by atoms with E-state index >= 15 is 0 Å². The molecule has 1 spiro atoms. The maximum absolute atomic E-state index is 14.4. The molecule has 2 fully saturated rings. The van der Waals surface area contributed by atoms with Crippen molar-refractivity contribution in [3.8, 4) is 11.1 Å². The molecule has 2 atom stereocenters. The quantitative estimate of drug-likeness (QED) is 0.337. The molecule has 0 bridgehead atoms. The maximum atomic E-state index is 14.4. The Balaban J connectivity index is 0.000000265. The van der Waals surface area contributed by atoms with Crippen LogP contribution in [0.4, 0.5) is 8.78 Å². The fourth-order valence-electron chi connectivity index (χ4n) is 6.35. The van der Waals surface area contributed by atoms with E-state index in [4.69, 9.17) is 4.79 Å². The maximum Gasteiger partial charge on any atom is 0.250 e. The minimum Gasteiger partial charge on any atom is -0.319 e. The number of hydrogen-bond acceptors (Lipinski definition) is 5. The number of hydrogen-bond donors (Lipinski definition) is 3. The molecule has 1 saturated carbocycles. The van der Waals surface area contributed by atoms with Gasteiger partial charge in [-0.05, 0) is 99.0 Å². The van der Waals surface area contributed by atoms with E-state index in [0.717, 1.165) is 56.6 Å². The van der Waals surface area contributed by atoms with Gasteiger partial charge >= 0.3 is 0 Å². The molecule has 2 aromatic carbocycles.